The third-order valence-electron chi connectivity index (χ3n) is 10.4. The van der Waals surface area contributed by atoms with Crippen LogP contribution < -0.4 is 10.4 Å². The van der Waals surface area contributed by atoms with Crippen molar-refractivity contribution in [2.75, 3.05) is 6.61 Å². The number of unbranched alkanes of at least 4 members (excludes halogenated alkanes) is 10. The van der Waals surface area contributed by atoms with Crippen LogP contribution in [0.5, 0.6) is 0 Å². The van der Waals surface area contributed by atoms with Crippen LogP contribution in [0.2, 0.25) is 5.04 Å². The van der Waals surface area contributed by atoms with Crippen LogP contribution in [0.25, 0.3) is 0 Å². The summed E-state index contributed by atoms with van der Waals surface area (Å²) in [7, 11) is -2.56. The van der Waals surface area contributed by atoms with Crippen LogP contribution in [0.4, 0.5) is 0 Å². The van der Waals surface area contributed by atoms with E-state index in [0.717, 1.165) is 44.9 Å². The second kappa shape index (κ2) is 23.6. The van der Waals surface area contributed by atoms with Gasteiger partial charge in [-0.3, -0.25) is 0 Å². The molecule has 3 rings (SSSR count). The molecule has 0 aromatic heterocycles. The number of benzene rings is 2. The molecule has 0 saturated carbocycles. The molecule has 1 fully saturated rings. The smallest absolute Gasteiger partial charge is 0.261 e. The molecule has 1 heterocycles. The van der Waals surface area contributed by atoms with E-state index in [1.165, 1.54) is 74.6 Å². The Morgan fingerprint density at radius 1 is 0.667 bits per heavy atom. The first-order valence-corrected chi connectivity index (χ1v) is 22.6. The lowest BCUT2D eigenvalue weighted by Gasteiger charge is -2.43. The highest BCUT2D eigenvalue weighted by atomic mass is 28.4. The van der Waals surface area contributed by atoms with E-state index in [1.54, 1.807) is 0 Å². The van der Waals surface area contributed by atoms with Crippen molar-refractivity contribution in [3.8, 4) is 0 Å². The number of hydrogen-bond donors (Lipinski definition) is 1. The largest absolute Gasteiger partial charge is 0.407 e. The van der Waals surface area contributed by atoms with Crippen molar-refractivity contribution in [1.29, 1.82) is 0 Å². The van der Waals surface area contributed by atoms with Gasteiger partial charge in [0.15, 0.2) is 5.79 Å². The quantitative estimate of drug-likeness (QED) is 0.0598. The molecule has 2 aromatic rings. The number of aliphatic hydroxyl groups is 1. The molecule has 0 radical (unpaired) electrons. The van der Waals surface area contributed by atoms with E-state index in [9.17, 15) is 5.11 Å². The van der Waals surface area contributed by atoms with Crippen LogP contribution in [0.15, 0.2) is 85.0 Å². The molecule has 4 nitrogen and oxygen atoms in total. The first-order chi connectivity index (χ1) is 24.6. The summed E-state index contributed by atoms with van der Waals surface area (Å²) in [5.41, 5.74) is 0. The molecule has 2 aromatic carbocycles. The van der Waals surface area contributed by atoms with Crippen molar-refractivity contribution < 1.29 is 19.0 Å². The fourth-order valence-electron chi connectivity index (χ4n) is 7.70. The molecule has 5 heteroatoms. The molecule has 0 spiro atoms. The van der Waals surface area contributed by atoms with Gasteiger partial charge in [0, 0.05) is 6.61 Å². The number of ether oxygens (including phenoxy) is 2. The van der Waals surface area contributed by atoms with Gasteiger partial charge in [-0.2, -0.15) is 0 Å². The Kier molecular flexibility index (Phi) is 20.1. The highest BCUT2D eigenvalue weighted by Gasteiger charge is 2.50. The summed E-state index contributed by atoms with van der Waals surface area (Å²) in [5, 5.41) is 13.3. The number of hydrogen-bond acceptors (Lipinski definition) is 4. The molecule has 51 heavy (non-hydrogen) atoms. The second-order valence-electron chi connectivity index (χ2n) is 16.3. The van der Waals surface area contributed by atoms with Crippen molar-refractivity contribution in [2.45, 2.75) is 186 Å². The Morgan fingerprint density at radius 2 is 1.14 bits per heavy atom. The minimum atomic E-state index is -2.56. The molecule has 0 unspecified atom stereocenters. The van der Waals surface area contributed by atoms with E-state index in [-0.39, 0.29) is 23.4 Å². The summed E-state index contributed by atoms with van der Waals surface area (Å²) >= 11 is 0. The maximum absolute atomic E-state index is 10.8. The number of allylic oxidation sites excluding steroid dienone is 4. The average Bonchev–Trinajstić information content (AvgIpc) is 3.41. The van der Waals surface area contributed by atoms with Gasteiger partial charge in [0.1, 0.15) is 0 Å². The molecular weight excluding hydrogens is 645 g/mol. The van der Waals surface area contributed by atoms with Crippen molar-refractivity contribution in [1.82, 2.24) is 0 Å². The summed E-state index contributed by atoms with van der Waals surface area (Å²) in [4.78, 5) is 0. The Balaban J connectivity index is 1.29. The molecule has 0 amide bonds. The van der Waals surface area contributed by atoms with Gasteiger partial charge in [0.2, 0.25) is 0 Å². The lowest BCUT2D eigenvalue weighted by molar-refractivity contribution is -0.147. The highest BCUT2D eigenvalue weighted by molar-refractivity contribution is 6.99. The van der Waals surface area contributed by atoms with Crippen LogP contribution in [-0.2, 0) is 13.9 Å². The van der Waals surface area contributed by atoms with Gasteiger partial charge in [-0.1, -0.05) is 177 Å². The van der Waals surface area contributed by atoms with Crippen LogP contribution in [-0.4, -0.2) is 44.1 Å². The molecular formula is C46H74O4Si. The molecule has 1 saturated heterocycles. The van der Waals surface area contributed by atoms with Crippen molar-refractivity contribution in [3.63, 3.8) is 0 Å². The lowest BCUT2D eigenvalue weighted by atomic mass is 10.0. The highest BCUT2D eigenvalue weighted by Crippen LogP contribution is 2.37. The third kappa shape index (κ3) is 15.5. The molecule has 3 atom stereocenters. The standard InChI is InChI=1S/C46H74O4Si/c1-7-8-9-10-11-12-13-17-20-29-36-43-44(50-46(5,6)49-43)37-30-21-18-15-14-16-19-24-31-40(47)38-39-48-51(45(2,3)4,41-32-25-22-26-33-41)42-34-27-23-28-35-42/h16,18-19,21-23,25-28,32-35,40,43-44,47H,7-15,17,20,24,29-31,36-39H2,1-6H3/b19-16+,21-18+/t40-,43-,44-/m1/s1. The van der Waals surface area contributed by atoms with E-state index in [1.807, 2.05) is 0 Å². The van der Waals surface area contributed by atoms with Crippen LogP contribution >= 0.6 is 0 Å². The number of aliphatic hydroxyl groups excluding tert-OH is 1. The maximum atomic E-state index is 10.8. The Labute approximate surface area is 314 Å². The van der Waals surface area contributed by atoms with Gasteiger partial charge in [0.25, 0.3) is 8.32 Å². The van der Waals surface area contributed by atoms with Gasteiger partial charge in [-0.05, 0) is 80.6 Å². The second-order valence-corrected chi connectivity index (χ2v) is 20.6. The molecule has 0 aliphatic carbocycles. The van der Waals surface area contributed by atoms with E-state index in [2.05, 4.69) is 127 Å². The molecule has 286 valence electrons. The molecule has 1 aliphatic heterocycles. The van der Waals surface area contributed by atoms with Gasteiger partial charge >= 0.3 is 0 Å². The van der Waals surface area contributed by atoms with Crippen LogP contribution in [0.3, 0.4) is 0 Å². The predicted molar refractivity (Wildman–Crippen MR) is 220 cm³/mol. The monoisotopic (exact) mass is 719 g/mol. The normalized spacial score (nSPS) is 18.6. The summed E-state index contributed by atoms with van der Waals surface area (Å²) in [6, 6.07) is 21.5. The van der Waals surface area contributed by atoms with E-state index < -0.39 is 14.1 Å². The molecule has 1 aliphatic rings. The SMILES string of the molecule is CCCCCCCCCCCC[C@H]1OC(C)(C)O[C@@H]1CC/C=C/CC/C=C/CC[C@@H](O)CCO[Si](c1ccccc1)(c1ccccc1)C(C)(C)C. The van der Waals surface area contributed by atoms with Gasteiger partial charge in [-0.15, -0.1) is 0 Å². The Morgan fingerprint density at radius 3 is 1.67 bits per heavy atom. The number of rotatable bonds is 26. The zero-order valence-corrected chi connectivity index (χ0v) is 34.4. The third-order valence-corrected chi connectivity index (χ3v) is 15.5. The van der Waals surface area contributed by atoms with Crippen molar-refractivity contribution in [3.05, 3.63) is 85.0 Å². The van der Waals surface area contributed by atoms with Crippen molar-refractivity contribution >= 4 is 18.7 Å². The van der Waals surface area contributed by atoms with Crippen LogP contribution in [0.1, 0.15) is 157 Å². The van der Waals surface area contributed by atoms with Crippen molar-refractivity contribution in [2.24, 2.45) is 0 Å². The van der Waals surface area contributed by atoms with E-state index in [0.29, 0.717) is 13.0 Å². The summed E-state index contributed by atoms with van der Waals surface area (Å²) in [6.45, 7) is 13.8. The zero-order valence-electron chi connectivity index (χ0n) is 33.4. The minimum absolute atomic E-state index is 0.0535. The van der Waals surface area contributed by atoms with Gasteiger partial charge in [0.05, 0.1) is 18.3 Å². The first-order valence-electron chi connectivity index (χ1n) is 20.7. The first kappa shape index (κ1) is 43.4. The van der Waals surface area contributed by atoms with Gasteiger partial charge in [-0.25, -0.2) is 0 Å². The fraction of sp³-hybridized carbons (Fsp3) is 0.652. The summed E-state index contributed by atoms with van der Waals surface area (Å²) in [5.74, 6) is -0.466. The average molecular weight is 719 g/mol. The summed E-state index contributed by atoms with van der Waals surface area (Å²) in [6.07, 6.45) is 30.3. The topological polar surface area (TPSA) is 47.9 Å². The molecule has 1 N–H and O–H groups in total. The zero-order chi connectivity index (χ0) is 36.8. The predicted octanol–water partition coefficient (Wildman–Crippen LogP) is 11.6. The van der Waals surface area contributed by atoms with Crippen LogP contribution in [0, 0.1) is 0 Å². The minimum Gasteiger partial charge on any atom is -0.407 e. The van der Waals surface area contributed by atoms with E-state index in [4.69, 9.17) is 13.9 Å². The Bertz CT molecular complexity index is 1180. The fourth-order valence-corrected chi connectivity index (χ4v) is 12.3. The van der Waals surface area contributed by atoms with Gasteiger partial charge < -0.3 is 19.0 Å². The lowest BCUT2D eigenvalue weighted by Crippen LogP contribution is -2.66. The van der Waals surface area contributed by atoms with E-state index >= 15 is 0 Å². The maximum Gasteiger partial charge on any atom is 0.261 e. The summed E-state index contributed by atoms with van der Waals surface area (Å²) < 4.78 is 19.6. The molecule has 0 bridgehead atoms. The Hall–Kier alpha value is -2.02.